The van der Waals surface area contributed by atoms with Crippen LogP contribution in [0, 0.1) is 5.82 Å². The number of halogens is 4. The Labute approximate surface area is 118 Å². The van der Waals surface area contributed by atoms with Crippen molar-refractivity contribution in [3.05, 3.63) is 59.5 Å². The summed E-state index contributed by atoms with van der Waals surface area (Å²) in [7, 11) is 0. The Bertz CT molecular complexity index is 742. The Hall–Kier alpha value is -1.11. The SMILES string of the molecule is O=c1[nH]c(Cl)c(F)c(=O)n1-c1ccc(Br)c(Cl)c1. The lowest BCUT2D eigenvalue weighted by Gasteiger charge is -2.06. The first-order valence-corrected chi connectivity index (χ1v) is 6.12. The second-order valence-corrected chi connectivity index (χ2v) is 4.94. The molecule has 0 bridgehead atoms. The van der Waals surface area contributed by atoms with Crippen LogP contribution < -0.4 is 11.2 Å². The number of hydrogen-bond acceptors (Lipinski definition) is 2. The van der Waals surface area contributed by atoms with Crippen molar-refractivity contribution in [2.45, 2.75) is 0 Å². The molecule has 8 heteroatoms. The summed E-state index contributed by atoms with van der Waals surface area (Å²) in [5, 5.41) is -0.335. The van der Waals surface area contributed by atoms with Crippen LogP contribution in [0.4, 0.5) is 4.39 Å². The first kappa shape index (κ1) is 13.3. The Balaban J connectivity index is 2.80. The maximum atomic E-state index is 13.4. The summed E-state index contributed by atoms with van der Waals surface area (Å²) in [6, 6.07) is 4.34. The van der Waals surface area contributed by atoms with Gasteiger partial charge >= 0.3 is 5.69 Å². The van der Waals surface area contributed by atoms with E-state index in [2.05, 4.69) is 15.9 Å². The third-order valence-corrected chi connectivity index (χ3v) is 3.66. The molecule has 1 N–H and O–H groups in total. The number of H-pyrrole nitrogens is 1. The van der Waals surface area contributed by atoms with Gasteiger partial charge in [0.1, 0.15) is 0 Å². The molecule has 4 nitrogen and oxygen atoms in total. The number of rotatable bonds is 1. The zero-order chi connectivity index (χ0) is 13.4. The average molecular weight is 354 g/mol. The molecule has 0 fully saturated rings. The minimum absolute atomic E-state index is 0.144. The van der Waals surface area contributed by atoms with Gasteiger partial charge in [-0.1, -0.05) is 23.2 Å². The standard InChI is InChI=1S/C10H4BrCl2FN2O2/c11-5-2-1-4(3-6(5)12)16-9(17)7(14)8(13)15-10(16)18/h1-3H,(H,15,18). The third kappa shape index (κ3) is 2.23. The van der Waals surface area contributed by atoms with Gasteiger partial charge in [-0.3, -0.25) is 9.78 Å². The molecule has 0 aliphatic heterocycles. The first-order chi connectivity index (χ1) is 8.41. The molecule has 18 heavy (non-hydrogen) atoms. The molecule has 1 aromatic heterocycles. The quantitative estimate of drug-likeness (QED) is 0.801. The van der Waals surface area contributed by atoms with Gasteiger partial charge in [-0.15, -0.1) is 0 Å². The van der Waals surface area contributed by atoms with Crippen LogP contribution in [-0.2, 0) is 0 Å². The van der Waals surface area contributed by atoms with E-state index in [1.165, 1.54) is 18.2 Å². The van der Waals surface area contributed by atoms with Crippen LogP contribution >= 0.6 is 39.1 Å². The molecular formula is C10H4BrCl2FN2O2. The molecule has 2 aromatic rings. The second-order valence-electron chi connectivity index (χ2n) is 3.30. The molecular weight excluding hydrogens is 350 g/mol. The number of benzene rings is 1. The van der Waals surface area contributed by atoms with Gasteiger partial charge in [0, 0.05) is 4.47 Å². The van der Waals surface area contributed by atoms with E-state index >= 15 is 0 Å². The van der Waals surface area contributed by atoms with Crippen molar-refractivity contribution in [1.29, 1.82) is 0 Å². The predicted molar refractivity (Wildman–Crippen MR) is 70.3 cm³/mol. The molecule has 0 aliphatic carbocycles. The summed E-state index contributed by atoms with van der Waals surface area (Å²) in [6.45, 7) is 0. The molecule has 0 atom stereocenters. The van der Waals surface area contributed by atoms with Crippen LogP contribution in [0.3, 0.4) is 0 Å². The van der Waals surface area contributed by atoms with Gasteiger partial charge in [-0.2, -0.15) is 4.39 Å². The highest BCUT2D eigenvalue weighted by Crippen LogP contribution is 2.24. The van der Waals surface area contributed by atoms with E-state index < -0.39 is 22.2 Å². The topological polar surface area (TPSA) is 54.9 Å². The van der Waals surface area contributed by atoms with Crippen LogP contribution in [0.5, 0.6) is 0 Å². The maximum Gasteiger partial charge on any atom is 0.334 e. The largest absolute Gasteiger partial charge is 0.334 e. The smallest absolute Gasteiger partial charge is 0.295 e. The first-order valence-electron chi connectivity index (χ1n) is 4.57. The van der Waals surface area contributed by atoms with Gasteiger partial charge < -0.3 is 0 Å². The van der Waals surface area contributed by atoms with Gasteiger partial charge in [0.2, 0.25) is 5.82 Å². The number of aromatic amines is 1. The van der Waals surface area contributed by atoms with E-state index in [4.69, 9.17) is 23.2 Å². The lowest BCUT2D eigenvalue weighted by Crippen LogP contribution is -2.35. The molecule has 0 saturated heterocycles. The average Bonchev–Trinajstić information content (AvgIpc) is 2.31. The molecule has 0 amide bonds. The van der Waals surface area contributed by atoms with Crippen LogP contribution in [-0.4, -0.2) is 9.55 Å². The summed E-state index contributed by atoms with van der Waals surface area (Å²) in [6.07, 6.45) is 0. The highest BCUT2D eigenvalue weighted by molar-refractivity contribution is 9.10. The molecule has 0 aliphatic rings. The summed E-state index contributed by atoms with van der Waals surface area (Å²) >= 11 is 14.4. The van der Waals surface area contributed by atoms with Crippen molar-refractivity contribution in [2.75, 3.05) is 0 Å². The molecule has 0 radical (unpaired) electrons. The Morgan fingerprint density at radius 3 is 2.56 bits per heavy atom. The Morgan fingerprint density at radius 2 is 1.94 bits per heavy atom. The molecule has 0 unspecified atom stereocenters. The zero-order valence-electron chi connectivity index (χ0n) is 8.51. The van der Waals surface area contributed by atoms with Crippen LogP contribution in [0.1, 0.15) is 0 Å². The summed E-state index contributed by atoms with van der Waals surface area (Å²) in [5.41, 5.74) is -1.84. The fourth-order valence-electron chi connectivity index (χ4n) is 1.35. The highest BCUT2D eigenvalue weighted by atomic mass is 79.9. The summed E-state index contributed by atoms with van der Waals surface area (Å²) < 4.78 is 14.6. The van der Waals surface area contributed by atoms with Crippen molar-refractivity contribution >= 4 is 39.1 Å². The van der Waals surface area contributed by atoms with Gasteiger partial charge in [0.05, 0.1) is 10.7 Å². The van der Waals surface area contributed by atoms with Crippen LogP contribution in [0.2, 0.25) is 10.2 Å². The van der Waals surface area contributed by atoms with E-state index in [-0.39, 0.29) is 10.7 Å². The molecule has 2 rings (SSSR count). The normalized spacial score (nSPS) is 10.7. The number of hydrogen-bond donors (Lipinski definition) is 1. The lowest BCUT2D eigenvalue weighted by molar-refractivity contribution is 0.584. The van der Waals surface area contributed by atoms with E-state index in [1.54, 1.807) is 0 Å². The number of nitrogens with zero attached hydrogens (tertiary/aromatic N) is 1. The van der Waals surface area contributed by atoms with E-state index in [0.717, 1.165) is 0 Å². The number of aromatic nitrogens is 2. The van der Waals surface area contributed by atoms with Gasteiger partial charge in [0.15, 0.2) is 5.15 Å². The summed E-state index contributed by atoms with van der Waals surface area (Å²) in [5.74, 6) is -1.23. The Morgan fingerprint density at radius 1 is 1.28 bits per heavy atom. The third-order valence-electron chi connectivity index (χ3n) is 2.16. The van der Waals surface area contributed by atoms with Crippen molar-refractivity contribution in [2.24, 2.45) is 0 Å². The van der Waals surface area contributed by atoms with E-state index in [9.17, 15) is 14.0 Å². The minimum atomic E-state index is -1.23. The van der Waals surface area contributed by atoms with E-state index in [0.29, 0.717) is 9.04 Å². The van der Waals surface area contributed by atoms with Gasteiger partial charge in [0.25, 0.3) is 5.56 Å². The Kier molecular flexibility index (Phi) is 3.61. The highest BCUT2D eigenvalue weighted by Gasteiger charge is 2.14. The maximum absolute atomic E-state index is 13.4. The molecule has 1 heterocycles. The van der Waals surface area contributed by atoms with Gasteiger partial charge in [-0.25, -0.2) is 9.36 Å². The predicted octanol–water partition coefficient (Wildman–Crippen LogP) is 2.73. The minimum Gasteiger partial charge on any atom is -0.295 e. The summed E-state index contributed by atoms with van der Waals surface area (Å²) in [4.78, 5) is 25.3. The lowest BCUT2D eigenvalue weighted by atomic mass is 10.3. The van der Waals surface area contributed by atoms with Crippen LogP contribution in [0.15, 0.2) is 32.3 Å². The van der Waals surface area contributed by atoms with Crippen molar-refractivity contribution in [1.82, 2.24) is 9.55 Å². The zero-order valence-corrected chi connectivity index (χ0v) is 11.6. The molecule has 1 aromatic carbocycles. The second kappa shape index (κ2) is 4.87. The fraction of sp³-hybridized carbons (Fsp3) is 0. The van der Waals surface area contributed by atoms with Crippen LogP contribution in [0.25, 0.3) is 5.69 Å². The van der Waals surface area contributed by atoms with E-state index in [1.807, 2.05) is 4.98 Å². The molecule has 0 spiro atoms. The van der Waals surface area contributed by atoms with Crippen molar-refractivity contribution in [3.8, 4) is 5.69 Å². The van der Waals surface area contributed by atoms with Gasteiger partial charge in [-0.05, 0) is 34.1 Å². The molecule has 94 valence electrons. The molecule has 0 saturated carbocycles. The number of nitrogens with one attached hydrogen (secondary N) is 1. The van der Waals surface area contributed by atoms with Crippen molar-refractivity contribution < 1.29 is 4.39 Å². The van der Waals surface area contributed by atoms with Crippen molar-refractivity contribution in [3.63, 3.8) is 0 Å². The monoisotopic (exact) mass is 352 g/mol. The fourth-order valence-corrected chi connectivity index (χ4v) is 1.93.